The van der Waals surface area contributed by atoms with Crippen LogP contribution in [0.3, 0.4) is 0 Å². The van der Waals surface area contributed by atoms with E-state index in [1.54, 1.807) is 0 Å². The van der Waals surface area contributed by atoms with E-state index in [0.29, 0.717) is 11.7 Å². The van der Waals surface area contributed by atoms with Gasteiger partial charge in [-0.25, -0.2) is 19.3 Å². The molecule has 0 radical (unpaired) electrons. The van der Waals surface area contributed by atoms with Crippen molar-refractivity contribution in [2.75, 3.05) is 37.8 Å². The van der Waals surface area contributed by atoms with Gasteiger partial charge in [0, 0.05) is 36.6 Å². The molecule has 0 bridgehead atoms. The standard InChI is InChI=1S/C30H52N7O17P3S/c1-17(2)7-6-8-18(3)29(42)58-12-11-32-20(38)9-10-33-27(41)24(40)30(4,5)14-51-57(48,49)54-56(46,47)50-13-19-23(53-55(43,44)45)22(39)28(52-19)37-16-36-21-25(31)34-15-35-26(21)37/h15-19,22-24,28,39-40H,6-14H2,1-5H3,(H,32,38)(H,33,41)(H,46,47)(H,48,49)(H2,31,34,35)(H2,43,44,45)/p-4/t18-,19-,22-,23-,24+,28-/m1/s1. The van der Waals surface area contributed by atoms with E-state index in [4.69, 9.17) is 10.5 Å². The summed E-state index contributed by atoms with van der Waals surface area (Å²) >= 11 is 1.13. The Balaban J connectivity index is 1.46. The molecular weight excluding hydrogens is 855 g/mol. The topological polar surface area (TPSA) is 375 Å². The maximum Gasteiger partial charge on any atom is 0.274 e. The highest BCUT2D eigenvalue weighted by molar-refractivity contribution is 8.13. The number of thioether (sulfide) groups is 1. The number of imidazole rings is 1. The molecule has 2 aromatic heterocycles. The van der Waals surface area contributed by atoms with Crippen LogP contribution in [0.25, 0.3) is 11.2 Å². The zero-order valence-corrected chi connectivity index (χ0v) is 35.7. The average molecular weight is 904 g/mol. The molecule has 58 heavy (non-hydrogen) atoms. The monoisotopic (exact) mass is 903 g/mol. The van der Waals surface area contributed by atoms with Crippen molar-refractivity contribution < 1.29 is 80.5 Å². The molecule has 0 aliphatic carbocycles. The molecule has 2 aromatic rings. The van der Waals surface area contributed by atoms with Crippen LogP contribution >= 0.6 is 35.2 Å². The number of nitrogens with one attached hydrogen (secondary N) is 2. The normalized spacial score (nSPS) is 22.0. The number of phosphoric ester groups is 3. The van der Waals surface area contributed by atoms with Crippen molar-refractivity contribution in [1.29, 1.82) is 0 Å². The van der Waals surface area contributed by atoms with Gasteiger partial charge < -0.3 is 69.0 Å². The Hall–Kier alpha value is -2.44. The summed E-state index contributed by atoms with van der Waals surface area (Å²) in [4.78, 5) is 96.5. The molecule has 3 rings (SSSR count). The van der Waals surface area contributed by atoms with Gasteiger partial charge in [-0.3, -0.25) is 28.1 Å². The SMILES string of the molecule is CC(C)CCC[C@@H](C)C(=O)SCCNC(=O)CCNC(=O)[C@H](O)C(C)(C)COP(=O)([O-])OP(=O)([O-])OC[C@H]1O[C@@H](n2cnc3c(N)ncnc32)[C@H](O)[C@@H]1OP(=O)([O-])[O-]. The Morgan fingerprint density at radius 1 is 1.03 bits per heavy atom. The van der Waals surface area contributed by atoms with Crippen LogP contribution in [0, 0.1) is 17.3 Å². The van der Waals surface area contributed by atoms with Crippen LogP contribution < -0.4 is 35.9 Å². The summed E-state index contributed by atoms with van der Waals surface area (Å²) in [5.74, 6) is -0.697. The molecule has 1 aliphatic heterocycles. The van der Waals surface area contributed by atoms with Crippen molar-refractivity contribution in [2.45, 2.75) is 90.9 Å². The molecule has 0 aromatic carbocycles. The van der Waals surface area contributed by atoms with Gasteiger partial charge in [0.2, 0.25) is 11.8 Å². The number of aliphatic hydroxyl groups excluding tert-OH is 2. The number of nitrogens with two attached hydrogens (primary N) is 1. The predicted octanol–water partition coefficient (Wildman–Crippen LogP) is -1.40. The lowest BCUT2D eigenvalue weighted by Crippen LogP contribution is -2.46. The summed E-state index contributed by atoms with van der Waals surface area (Å²) in [5.41, 5.74) is 4.08. The number of hydrogen-bond donors (Lipinski definition) is 5. The van der Waals surface area contributed by atoms with Gasteiger partial charge in [0.1, 0.15) is 36.3 Å². The molecule has 6 N–H and O–H groups in total. The van der Waals surface area contributed by atoms with Gasteiger partial charge in [0.15, 0.2) is 22.8 Å². The smallest absolute Gasteiger partial charge is 0.274 e. The van der Waals surface area contributed by atoms with Gasteiger partial charge in [0.25, 0.3) is 15.6 Å². The van der Waals surface area contributed by atoms with Gasteiger partial charge in [-0.2, -0.15) is 0 Å². The second-order valence-electron chi connectivity index (χ2n) is 14.4. The molecule has 0 saturated carbocycles. The summed E-state index contributed by atoms with van der Waals surface area (Å²) in [7, 11) is -17.6. The first-order valence-corrected chi connectivity index (χ1v) is 23.2. The molecule has 1 aliphatic rings. The Labute approximate surface area is 337 Å². The number of amides is 2. The number of aromatic nitrogens is 4. The Kier molecular flexibility index (Phi) is 18.4. The first kappa shape index (κ1) is 49.9. The van der Waals surface area contributed by atoms with E-state index >= 15 is 0 Å². The first-order chi connectivity index (χ1) is 26.8. The highest BCUT2D eigenvalue weighted by Gasteiger charge is 2.47. The maximum absolute atomic E-state index is 12.6. The van der Waals surface area contributed by atoms with Crippen LogP contribution in [0.15, 0.2) is 12.7 Å². The van der Waals surface area contributed by atoms with E-state index < -0.39 is 84.6 Å². The summed E-state index contributed by atoms with van der Waals surface area (Å²) in [5, 5.41) is 26.3. The van der Waals surface area contributed by atoms with Crippen LogP contribution in [-0.4, -0.2) is 103 Å². The van der Waals surface area contributed by atoms with Gasteiger partial charge in [-0.1, -0.05) is 59.2 Å². The minimum absolute atomic E-state index is 0.0200. The lowest BCUT2D eigenvalue weighted by atomic mass is 9.87. The molecule has 3 heterocycles. The van der Waals surface area contributed by atoms with Crippen LogP contribution in [0.5, 0.6) is 0 Å². The van der Waals surface area contributed by atoms with E-state index in [1.165, 1.54) is 13.8 Å². The van der Waals surface area contributed by atoms with E-state index in [-0.39, 0.29) is 47.5 Å². The number of rotatable bonds is 24. The fourth-order valence-corrected chi connectivity index (χ4v) is 8.89. The number of carbonyl (C=O) groups excluding carboxylic acids is 3. The summed E-state index contributed by atoms with van der Waals surface area (Å²) in [6, 6.07) is 0. The third-order valence-corrected chi connectivity index (χ3v) is 12.6. The van der Waals surface area contributed by atoms with Crippen molar-refractivity contribution in [3.63, 3.8) is 0 Å². The number of nitrogens with zero attached hydrogens (tertiary/aromatic N) is 4. The predicted molar refractivity (Wildman–Crippen MR) is 196 cm³/mol. The number of fused-ring (bicyclic) bond motifs is 1. The number of hydrogen-bond acceptors (Lipinski definition) is 22. The Morgan fingerprint density at radius 3 is 2.36 bits per heavy atom. The van der Waals surface area contributed by atoms with Crippen molar-refractivity contribution in [2.24, 2.45) is 17.3 Å². The van der Waals surface area contributed by atoms with Gasteiger partial charge >= 0.3 is 0 Å². The van der Waals surface area contributed by atoms with Crippen LogP contribution in [0.2, 0.25) is 0 Å². The maximum atomic E-state index is 12.6. The summed E-state index contributed by atoms with van der Waals surface area (Å²) < 4.78 is 60.6. The fourth-order valence-electron chi connectivity index (χ4n) is 5.35. The number of ether oxygens (including phenoxy) is 1. The van der Waals surface area contributed by atoms with Gasteiger partial charge in [-0.05, 0) is 12.3 Å². The first-order valence-electron chi connectivity index (χ1n) is 17.8. The molecule has 24 nitrogen and oxygen atoms in total. The molecule has 330 valence electrons. The lowest BCUT2D eigenvalue weighted by molar-refractivity contribution is -0.347. The zero-order chi connectivity index (χ0) is 43.6. The molecule has 8 atom stereocenters. The molecule has 28 heteroatoms. The molecule has 1 fully saturated rings. The molecule has 2 amide bonds. The van der Waals surface area contributed by atoms with E-state index in [0.717, 1.165) is 48.2 Å². The number of carbonyl (C=O) groups is 3. The number of anilines is 1. The molecule has 2 unspecified atom stereocenters. The number of aliphatic hydroxyl groups is 2. The van der Waals surface area contributed by atoms with Crippen molar-refractivity contribution in [3.8, 4) is 0 Å². The highest BCUT2D eigenvalue weighted by Crippen LogP contribution is 2.56. The van der Waals surface area contributed by atoms with Gasteiger partial charge in [0.05, 0.1) is 27.4 Å². The van der Waals surface area contributed by atoms with Crippen LogP contribution in [0.1, 0.15) is 66.5 Å². The van der Waals surface area contributed by atoms with Crippen LogP contribution in [-0.2, 0) is 50.7 Å². The molecule has 0 spiro atoms. The zero-order valence-electron chi connectivity index (χ0n) is 32.2. The van der Waals surface area contributed by atoms with E-state index in [9.17, 15) is 57.9 Å². The fraction of sp³-hybridized carbons (Fsp3) is 0.733. The Morgan fingerprint density at radius 2 is 1.71 bits per heavy atom. The third-order valence-electron chi connectivity index (χ3n) is 8.54. The van der Waals surface area contributed by atoms with E-state index in [2.05, 4.69) is 57.3 Å². The largest absolute Gasteiger partial charge is 0.790 e. The van der Waals surface area contributed by atoms with Crippen molar-refractivity contribution >= 4 is 69.1 Å². The van der Waals surface area contributed by atoms with E-state index in [1.807, 2.05) is 6.92 Å². The van der Waals surface area contributed by atoms with Crippen molar-refractivity contribution in [3.05, 3.63) is 12.7 Å². The minimum atomic E-state index is -5.91. The Bertz CT molecular complexity index is 1870. The number of phosphoric acid groups is 3. The van der Waals surface area contributed by atoms with Crippen molar-refractivity contribution in [1.82, 2.24) is 30.2 Å². The molecule has 1 saturated heterocycles. The third kappa shape index (κ3) is 15.5. The second kappa shape index (κ2) is 21.4. The summed E-state index contributed by atoms with van der Waals surface area (Å²) in [6.45, 7) is 6.25. The lowest BCUT2D eigenvalue weighted by Gasteiger charge is -2.36. The molecular formula is C30H48N7O17P3S-4. The van der Waals surface area contributed by atoms with Gasteiger partial charge in [-0.15, -0.1) is 0 Å². The summed E-state index contributed by atoms with van der Waals surface area (Å²) in [6.07, 6.45) is -4.78. The minimum Gasteiger partial charge on any atom is -0.790 e. The highest BCUT2D eigenvalue weighted by atomic mass is 32.2. The number of nitrogen functional groups attached to an aromatic ring is 1. The average Bonchev–Trinajstić information content (AvgIpc) is 3.67. The second-order valence-corrected chi connectivity index (χ2v) is 19.5. The van der Waals surface area contributed by atoms with Crippen LogP contribution in [0.4, 0.5) is 5.82 Å². The quantitative estimate of drug-likeness (QED) is 0.0597.